The highest BCUT2D eigenvalue weighted by molar-refractivity contribution is 7.67. The number of benzene rings is 1. The number of rotatable bonds is 15. The molecule has 47 heavy (non-hydrogen) atoms. The Kier molecular flexibility index (Phi) is 14.7. The van der Waals surface area contributed by atoms with Crippen LogP contribution in [0.15, 0.2) is 42.5 Å². The molecule has 1 atom stereocenters. The molecule has 6 rings (SSSR count). The van der Waals surface area contributed by atoms with Gasteiger partial charge in [-0.1, -0.05) is 144 Å². The second-order valence-corrected chi connectivity index (χ2v) is 21.6. The van der Waals surface area contributed by atoms with Crippen molar-refractivity contribution in [2.24, 2.45) is 0 Å². The van der Waals surface area contributed by atoms with Gasteiger partial charge in [-0.05, 0) is 111 Å². The van der Waals surface area contributed by atoms with Gasteiger partial charge in [-0.3, -0.25) is 0 Å². The van der Waals surface area contributed by atoms with Crippen LogP contribution in [0, 0.1) is 0 Å². The van der Waals surface area contributed by atoms with E-state index in [0.29, 0.717) is 6.04 Å². The molecule has 0 spiro atoms. The summed E-state index contributed by atoms with van der Waals surface area (Å²) in [5.74, 6) is 0. The molecule has 0 bridgehead atoms. The van der Waals surface area contributed by atoms with Crippen LogP contribution in [0.1, 0.15) is 185 Å². The van der Waals surface area contributed by atoms with E-state index in [9.17, 15) is 0 Å². The monoisotopic (exact) mass is 674 g/mol. The van der Waals surface area contributed by atoms with Crippen molar-refractivity contribution in [1.82, 2.24) is 4.90 Å². The van der Waals surface area contributed by atoms with Crippen LogP contribution >= 0.6 is 15.8 Å². The number of hydrogen-bond donors (Lipinski definition) is 0. The highest BCUT2D eigenvalue weighted by atomic mass is 31.1. The van der Waals surface area contributed by atoms with Crippen LogP contribution < -0.4 is 10.6 Å². The lowest BCUT2D eigenvalue weighted by Gasteiger charge is -2.45. The topological polar surface area (TPSA) is 3.24 Å². The zero-order valence-corrected chi connectivity index (χ0v) is 32.4. The third-order valence-corrected chi connectivity index (χ3v) is 19.9. The van der Waals surface area contributed by atoms with E-state index >= 15 is 0 Å². The van der Waals surface area contributed by atoms with Crippen molar-refractivity contribution >= 4 is 26.5 Å². The fourth-order valence-electron chi connectivity index (χ4n) is 10.3. The Labute approximate surface area is 293 Å². The van der Waals surface area contributed by atoms with Gasteiger partial charge in [0.15, 0.2) is 0 Å². The Morgan fingerprint density at radius 3 is 1.49 bits per heavy atom. The third kappa shape index (κ3) is 9.20. The highest BCUT2D eigenvalue weighted by Crippen LogP contribution is 2.58. The number of nitrogens with zero attached hydrogens (tertiary/aromatic N) is 1. The van der Waals surface area contributed by atoms with Crippen LogP contribution in [-0.2, 0) is 0 Å². The Bertz CT molecular complexity index is 1100. The molecule has 0 radical (unpaired) electrons. The lowest BCUT2D eigenvalue weighted by Crippen LogP contribution is -2.38. The summed E-state index contributed by atoms with van der Waals surface area (Å²) in [6.07, 6.45) is 34.9. The summed E-state index contributed by atoms with van der Waals surface area (Å²) >= 11 is 0. The predicted octanol–water partition coefficient (Wildman–Crippen LogP) is 12.9. The van der Waals surface area contributed by atoms with E-state index in [1.54, 1.807) is 11.1 Å². The van der Waals surface area contributed by atoms with Crippen molar-refractivity contribution in [2.75, 3.05) is 13.1 Å². The Morgan fingerprint density at radius 1 is 0.574 bits per heavy atom. The molecule has 262 valence electrons. The van der Waals surface area contributed by atoms with Gasteiger partial charge in [-0.25, -0.2) is 12.1 Å². The molecule has 0 amide bonds. The first kappa shape index (κ1) is 36.2. The fourth-order valence-corrected chi connectivity index (χ4v) is 18.3. The second-order valence-electron chi connectivity index (χ2n) is 16.1. The van der Waals surface area contributed by atoms with Crippen LogP contribution in [0.4, 0.5) is 0 Å². The average Bonchev–Trinajstić information content (AvgIpc) is 3.60. The molecule has 4 aliphatic rings. The molecule has 0 N–H and O–H groups in total. The molecule has 4 aliphatic carbocycles. The standard InChI is InChI=1S/C44H70NP2/c1-3-5-34-45(35-6-4-2)44(41-31-21-33-43(41)47(38-26-15-9-16-27-38)39-28-17-10-18-29-39)40-30-19-20-32-42(40)46(36-22-11-7-12-23-36)37-24-13-8-14-25-37/h19-21,30-33,36-39,44H,3-18,22-29,34-35H2,1-2H3/q-1/t44-/m1/s1. The summed E-state index contributed by atoms with van der Waals surface area (Å²) in [6, 6.07) is 18.5. The van der Waals surface area contributed by atoms with E-state index in [1.165, 1.54) is 167 Å². The van der Waals surface area contributed by atoms with Gasteiger partial charge < -0.3 is 4.90 Å². The third-order valence-electron chi connectivity index (χ3n) is 12.7. The molecule has 0 heterocycles. The second kappa shape index (κ2) is 19.1. The smallest absolute Gasteiger partial charge is 0.0163 e. The molecule has 0 aromatic heterocycles. The lowest BCUT2D eigenvalue weighted by atomic mass is 9.97. The first-order valence-electron chi connectivity index (χ1n) is 20.9. The summed E-state index contributed by atoms with van der Waals surface area (Å²) in [4.78, 5) is 3.02. The predicted molar refractivity (Wildman–Crippen MR) is 212 cm³/mol. The SMILES string of the molecule is CCCCN(CCCC)[C@H](c1ccccc1P(C1CCCCC1)C1CCCCC1)[c-]1cccc1P(C1CCCCC1)C1CCCCC1. The molecule has 3 heteroatoms. The highest BCUT2D eigenvalue weighted by Gasteiger charge is 2.37. The van der Waals surface area contributed by atoms with Crippen LogP contribution in [-0.4, -0.2) is 40.6 Å². The summed E-state index contributed by atoms with van der Waals surface area (Å²) < 4.78 is 0. The minimum Gasteiger partial charge on any atom is -0.303 e. The molecule has 4 saturated carbocycles. The molecule has 0 unspecified atom stereocenters. The Balaban J connectivity index is 1.47. The van der Waals surface area contributed by atoms with Crippen molar-refractivity contribution < 1.29 is 0 Å². The molecule has 1 nitrogen and oxygen atoms in total. The minimum absolute atomic E-state index is 0.120. The van der Waals surface area contributed by atoms with Gasteiger partial charge in [-0.2, -0.15) is 6.07 Å². The molecule has 2 aromatic rings. The fraction of sp³-hybridized carbons (Fsp3) is 0.750. The van der Waals surface area contributed by atoms with Gasteiger partial charge in [-0.15, -0.1) is 10.9 Å². The first-order chi connectivity index (χ1) is 23.3. The summed E-state index contributed by atoms with van der Waals surface area (Å²) in [7, 11) is -0.262. The maximum absolute atomic E-state index is 3.02. The van der Waals surface area contributed by atoms with E-state index < -0.39 is 0 Å². The van der Waals surface area contributed by atoms with E-state index in [4.69, 9.17) is 0 Å². The van der Waals surface area contributed by atoms with E-state index in [1.807, 2.05) is 10.6 Å². The zero-order chi connectivity index (χ0) is 32.3. The maximum atomic E-state index is 3.02. The molecular weight excluding hydrogens is 604 g/mol. The summed E-state index contributed by atoms with van der Waals surface area (Å²) in [6.45, 7) is 7.31. The molecule has 2 aromatic carbocycles. The molecule has 0 aliphatic heterocycles. The van der Waals surface area contributed by atoms with Crippen molar-refractivity contribution in [1.29, 1.82) is 0 Å². The van der Waals surface area contributed by atoms with E-state index in [2.05, 4.69) is 61.2 Å². The minimum atomic E-state index is -0.142. The molecule has 0 saturated heterocycles. The van der Waals surface area contributed by atoms with Crippen LogP contribution in [0.3, 0.4) is 0 Å². The quantitative estimate of drug-likeness (QED) is 0.134. The largest absolute Gasteiger partial charge is 0.303 e. The van der Waals surface area contributed by atoms with Crippen LogP contribution in [0.25, 0.3) is 0 Å². The summed E-state index contributed by atoms with van der Waals surface area (Å²) in [5.41, 5.74) is 7.32. The van der Waals surface area contributed by atoms with Gasteiger partial charge in [0.25, 0.3) is 0 Å². The van der Waals surface area contributed by atoms with Gasteiger partial charge in [0.05, 0.1) is 0 Å². The van der Waals surface area contributed by atoms with E-state index in [-0.39, 0.29) is 15.8 Å². The first-order valence-corrected chi connectivity index (χ1v) is 23.9. The molecule has 4 fully saturated rings. The molecular formula is C44H70NP2-. The lowest BCUT2D eigenvalue weighted by molar-refractivity contribution is 0.220. The number of unbranched alkanes of at least 4 members (excludes halogenated alkanes) is 2. The average molecular weight is 675 g/mol. The normalized spacial score (nSPS) is 22.1. The summed E-state index contributed by atoms with van der Waals surface area (Å²) in [5, 5.41) is 3.70. The Morgan fingerprint density at radius 2 is 1.02 bits per heavy atom. The van der Waals surface area contributed by atoms with Gasteiger partial charge in [0.1, 0.15) is 0 Å². The zero-order valence-electron chi connectivity index (χ0n) is 30.7. The van der Waals surface area contributed by atoms with Crippen LogP contribution in [0.2, 0.25) is 0 Å². The van der Waals surface area contributed by atoms with E-state index in [0.717, 1.165) is 22.6 Å². The van der Waals surface area contributed by atoms with Crippen LogP contribution in [0.5, 0.6) is 0 Å². The number of hydrogen-bond acceptors (Lipinski definition) is 1. The van der Waals surface area contributed by atoms with Gasteiger partial charge in [0.2, 0.25) is 0 Å². The van der Waals surface area contributed by atoms with Crippen molar-refractivity contribution in [2.45, 2.75) is 197 Å². The van der Waals surface area contributed by atoms with Crippen molar-refractivity contribution in [3.8, 4) is 0 Å². The van der Waals surface area contributed by atoms with Crippen molar-refractivity contribution in [3.05, 3.63) is 53.6 Å². The van der Waals surface area contributed by atoms with Gasteiger partial charge >= 0.3 is 0 Å². The Hall–Kier alpha value is -0.610. The van der Waals surface area contributed by atoms with Crippen molar-refractivity contribution in [3.63, 3.8) is 0 Å². The van der Waals surface area contributed by atoms with Gasteiger partial charge in [0, 0.05) is 6.04 Å². The maximum Gasteiger partial charge on any atom is 0.0163 e.